The van der Waals surface area contributed by atoms with E-state index in [9.17, 15) is 5.26 Å². The first-order valence-electron chi connectivity index (χ1n) is 8.75. The molecule has 1 aliphatic heterocycles. The summed E-state index contributed by atoms with van der Waals surface area (Å²) in [7, 11) is 0. The topological polar surface area (TPSA) is 106 Å². The SMILES string of the molecule is Cc1[nH]nc2c1[C@H](c1cc(Cn3cnc4ccccc43)cs1)C(C#N)=C(N)O2. The Labute approximate surface area is 164 Å². The summed E-state index contributed by atoms with van der Waals surface area (Å²) in [5.74, 6) is 0.280. The number of nitrogens with zero attached hydrogens (tertiary/aromatic N) is 4. The minimum atomic E-state index is -0.272. The van der Waals surface area contributed by atoms with E-state index in [0.29, 0.717) is 18.0 Å². The van der Waals surface area contributed by atoms with Crippen LogP contribution in [0.5, 0.6) is 5.88 Å². The van der Waals surface area contributed by atoms with Crippen LogP contribution in [0, 0.1) is 18.3 Å². The molecule has 0 amide bonds. The van der Waals surface area contributed by atoms with Crippen molar-refractivity contribution in [1.82, 2.24) is 19.7 Å². The molecule has 1 atom stereocenters. The molecule has 3 N–H and O–H groups in total. The average Bonchev–Trinajstić information content (AvgIpc) is 3.41. The lowest BCUT2D eigenvalue weighted by Gasteiger charge is -2.22. The Morgan fingerprint density at radius 1 is 1.39 bits per heavy atom. The quantitative estimate of drug-likeness (QED) is 0.560. The van der Waals surface area contributed by atoms with Crippen molar-refractivity contribution in [1.29, 1.82) is 5.26 Å². The third-order valence-electron chi connectivity index (χ3n) is 4.97. The molecule has 8 heteroatoms. The first-order valence-corrected chi connectivity index (χ1v) is 9.63. The summed E-state index contributed by atoms with van der Waals surface area (Å²) in [6.07, 6.45) is 1.85. The number of aryl methyl sites for hydroxylation is 1. The van der Waals surface area contributed by atoms with Crippen LogP contribution in [-0.2, 0) is 6.54 Å². The summed E-state index contributed by atoms with van der Waals surface area (Å²) < 4.78 is 7.65. The number of imidazole rings is 1. The molecule has 0 saturated heterocycles. The van der Waals surface area contributed by atoms with E-state index in [1.807, 2.05) is 31.5 Å². The summed E-state index contributed by atoms with van der Waals surface area (Å²) in [5, 5.41) is 18.9. The van der Waals surface area contributed by atoms with Gasteiger partial charge in [-0.05, 0) is 36.1 Å². The lowest BCUT2D eigenvalue weighted by molar-refractivity contribution is 0.379. The highest BCUT2D eigenvalue weighted by atomic mass is 32.1. The number of hydrogen-bond donors (Lipinski definition) is 2. The van der Waals surface area contributed by atoms with E-state index in [-0.39, 0.29) is 11.8 Å². The fourth-order valence-corrected chi connectivity index (χ4v) is 4.67. The number of nitriles is 1. The van der Waals surface area contributed by atoms with Crippen LogP contribution in [0.25, 0.3) is 11.0 Å². The Balaban J connectivity index is 1.54. The minimum absolute atomic E-state index is 0.113. The summed E-state index contributed by atoms with van der Waals surface area (Å²) in [5.41, 5.74) is 11.4. The molecule has 4 heterocycles. The van der Waals surface area contributed by atoms with Crippen LogP contribution >= 0.6 is 11.3 Å². The van der Waals surface area contributed by atoms with E-state index in [4.69, 9.17) is 10.5 Å². The molecule has 0 bridgehead atoms. The number of ether oxygens (including phenoxy) is 1. The second-order valence-electron chi connectivity index (χ2n) is 6.71. The molecule has 5 rings (SSSR count). The smallest absolute Gasteiger partial charge is 0.244 e. The Morgan fingerprint density at radius 3 is 3.11 bits per heavy atom. The van der Waals surface area contributed by atoms with Crippen molar-refractivity contribution in [3.05, 3.63) is 75.2 Å². The zero-order valence-corrected chi connectivity index (χ0v) is 15.8. The van der Waals surface area contributed by atoms with Crippen molar-refractivity contribution in [3.8, 4) is 11.9 Å². The zero-order chi connectivity index (χ0) is 19.3. The maximum atomic E-state index is 9.67. The molecule has 0 unspecified atom stereocenters. The van der Waals surface area contributed by atoms with Crippen LogP contribution in [0.1, 0.15) is 27.6 Å². The van der Waals surface area contributed by atoms with Crippen LogP contribution in [0.4, 0.5) is 0 Å². The first kappa shape index (κ1) is 16.6. The minimum Gasteiger partial charge on any atom is -0.420 e. The van der Waals surface area contributed by atoms with E-state index in [1.165, 1.54) is 0 Å². The number of aromatic amines is 1. The van der Waals surface area contributed by atoms with Gasteiger partial charge in [-0.25, -0.2) is 4.98 Å². The largest absolute Gasteiger partial charge is 0.420 e. The van der Waals surface area contributed by atoms with Crippen molar-refractivity contribution >= 4 is 22.4 Å². The molecule has 0 saturated carbocycles. The molecule has 0 spiro atoms. The highest BCUT2D eigenvalue weighted by Gasteiger charge is 2.35. The van der Waals surface area contributed by atoms with Gasteiger partial charge in [-0.1, -0.05) is 12.1 Å². The van der Waals surface area contributed by atoms with E-state index >= 15 is 0 Å². The molecule has 3 aromatic heterocycles. The van der Waals surface area contributed by atoms with Gasteiger partial charge < -0.3 is 15.0 Å². The number of allylic oxidation sites excluding steroid dienone is 1. The second kappa shape index (κ2) is 6.25. The zero-order valence-electron chi connectivity index (χ0n) is 15.0. The van der Waals surface area contributed by atoms with Gasteiger partial charge in [0, 0.05) is 17.1 Å². The van der Waals surface area contributed by atoms with Crippen molar-refractivity contribution in [2.75, 3.05) is 0 Å². The van der Waals surface area contributed by atoms with Crippen molar-refractivity contribution < 1.29 is 4.74 Å². The molecule has 1 aromatic carbocycles. The summed E-state index contributed by atoms with van der Waals surface area (Å²) in [4.78, 5) is 5.49. The molecule has 138 valence electrons. The molecular formula is C20H16N6OS. The predicted octanol–water partition coefficient (Wildman–Crippen LogP) is 3.40. The van der Waals surface area contributed by atoms with Gasteiger partial charge in [0.25, 0.3) is 0 Å². The van der Waals surface area contributed by atoms with Crippen molar-refractivity contribution in [2.45, 2.75) is 19.4 Å². The lowest BCUT2D eigenvalue weighted by atomic mass is 9.89. The Hall–Kier alpha value is -3.57. The third-order valence-corrected chi connectivity index (χ3v) is 6.01. The van der Waals surface area contributed by atoms with Gasteiger partial charge in [-0.15, -0.1) is 16.4 Å². The van der Waals surface area contributed by atoms with Gasteiger partial charge >= 0.3 is 0 Å². The van der Waals surface area contributed by atoms with Gasteiger partial charge in [0.05, 0.1) is 28.8 Å². The van der Waals surface area contributed by atoms with Gasteiger partial charge in [-0.2, -0.15) is 5.26 Å². The number of nitrogens with two attached hydrogens (primary N) is 1. The van der Waals surface area contributed by atoms with Gasteiger partial charge in [0.15, 0.2) is 0 Å². The monoisotopic (exact) mass is 388 g/mol. The number of hydrogen-bond acceptors (Lipinski definition) is 6. The van der Waals surface area contributed by atoms with Crippen LogP contribution in [-0.4, -0.2) is 19.7 Å². The number of thiophene rings is 1. The third kappa shape index (κ3) is 2.48. The van der Waals surface area contributed by atoms with Crippen LogP contribution in [0.2, 0.25) is 0 Å². The van der Waals surface area contributed by atoms with E-state index in [1.54, 1.807) is 11.3 Å². The number of para-hydroxylation sites is 2. The number of rotatable bonds is 3. The van der Waals surface area contributed by atoms with Gasteiger partial charge in [0.1, 0.15) is 11.6 Å². The first-order chi connectivity index (χ1) is 13.7. The van der Waals surface area contributed by atoms with Crippen molar-refractivity contribution in [3.63, 3.8) is 0 Å². The molecule has 7 nitrogen and oxygen atoms in total. The molecule has 0 radical (unpaired) electrons. The number of H-pyrrole nitrogens is 1. The molecule has 0 aliphatic carbocycles. The Bertz CT molecular complexity index is 1270. The molecule has 28 heavy (non-hydrogen) atoms. The van der Waals surface area contributed by atoms with Crippen LogP contribution in [0.3, 0.4) is 0 Å². The van der Waals surface area contributed by atoms with Crippen molar-refractivity contribution in [2.24, 2.45) is 5.73 Å². The number of benzene rings is 1. The summed E-state index contributed by atoms with van der Waals surface area (Å²) >= 11 is 1.61. The number of fused-ring (bicyclic) bond motifs is 2. The summed E-state index contributed by atoms with van der Waals surface area (Å²) in [6, 6.07) is 12.4. The standard InChI is InChI=1S/C20H16N6OS/c1-11-17-18(13(7-21)19(22)27-20(17)25-24-11)16-6-12(9-28-16)8-26-10-23-14-4-2-3-5-15(14)26/h2-6,9-10,18H,8,22H2,1H3,(H,24,25)/t18-/m0/s1. The molecule has 4 aromatic rings. The Morgan fingerprint density at radius 2 is 2.25 bits per heavy atom. The average molecular weight is 388 g/mol. The number of aromatic nitrogens is 4. The Kier molecular flexibility index (Phi) is 3.70. The predicted molar refractivity (Wildman–Crippen MR) is 106 cm³/mol. The number of nitrogens with one attached hydrogen (secondary N) is 1. The van der Waals surface area contributed by atoms with E-state index < -0.39 is 0 Å². The van der Waals surface area contributed by atoms with E-state index in [0.717, 1.165) is 32.7 Å². The molecule has 1 aliphatic rings. The normalized spacial score (nSPS) is 16.1. The molecule has 0 fully saturated rings. The maximum absolute atomic E-state index is 9.67. The highest BCUT2D eigenvalue weighted by molar-refractivity contribution is 7.10. The van der Waals surface area contributed by atoms with Crippen LogP contribution < -0.4 is 10.5 Å². The highest BCUT2D eigenvalue weighted by Crippen LogP contribution is 2.44. The van der Waals surface area contributed by atoms with Crippen LogP contribution in [0.15, 0.2) is 53.5 Å². The summed E-state index contributed by atoms with van der Waals surface area (Å²) in [6.45, 7) is 2.63. The fourth-order valence-electron chi connectivity index (χ4n) is 3.64. The lowest BCUT2D eigenvalue weighted by Crippen LogP contribution is -2.20. The maximum Gasteiger partial charge on any atom is 0.244 e. The second-order valence-corrected chi connectivity index (χ2v) is 7.65. The molecular weight excluding hydrogens is 372 g/mol. The van der Waals surface area contributed by atoms with Gasteiger partial charge in [0.2, 0.25) is 11.8 Å². The van der Waals surface area contributed by atoms with E-state index in [2.05, 4.69) is 43.3 Å². The van der Waals surface area contributed by atoms with Gasteiger partial charge in [-0.3, -0.25) is 5.10 Å². The fraction of sp³-hybridized carbons (Fsp3) is 0.150.